The lowest BCUT2D eigenvalue weighted by Crippen LogP contribution is -2.56. The largest absolute Gasteiger partial charge is 0.490 e. The van der Waals surface area contributed by atoms with Crippen molar-refractivity contribution in [3.8, 4) is 0 Å². The van der Waals surface area contributed by atoms with E-state index >= 15 is 0 Å². The first-order valence-electron chi connectivity index (χ1n) is 10.1. The van der Waals surface area contributed by atoms with Gasteiger partial charge in [-0.25, -0.2) is 4.79 Å². The van der Waals surface area contributed by atoms with E-state index in [0.717, 1.165) is 0 Å². The third-order valence-corrected chi connectivity index (χ3v) is 6.82. The number of nitrogens with one attached hydrogen (secondary N) is 1. The number of piperidine rings is 1. The number of aliphatic carboxylic acids is 1. The summed E-state index contributed by atoms with van der Waals surface area (Å²) in [6, 6.07) is 11.4. The number of hydrogen-bond donors (Lipinski definition) is 2. The van der Waals surface area contributed by atoms with Gasteiger partial charge in [0.2, 0.25) is 0 Å². The molecule has 2 N–H and O–H groups in total. The van der Waals surface area contributed by atoms with Crippen LogP contribution in [0.2, 0.25) is 0 Å². The summed E-state index contributed by atoms with van der Waals surface area (Å²) in [5.74, 6) is -2.76. The van der Waals surface area contributed by atoms with E-state index in [0.29, 0.717) is 11.0 Å². The van der Waals surface area contributed by atoms with Gasteiger partial charge in [-0.3, -0.25) is 4.90 Å². The molecule has 3 aliphatic rings. The fourth-order valence-corrected chi connectivity index (χ4v) is 4.93. The fraction of sp³-hybridized carbons (Fsp3) is 0.667. The zero-order chi connectivity index (χ0) is 20.3. The Balaban J connectivity index is 0.000000279. The Hall–Kier alpha value is -1.60. The van der Waals surface area contributed by atoms with Crippen molar-refractivity contribution in [1.82, 2.24) is 10.2 Å². The molecule has 3 fully saturated rings. The lowest BCUT2D eigenvalue weighted by Gasteiger charge is -2.56. The summed E-state index contributed by atoms with van der Waals surface area (Å²) < 4.78 is 31.7. The molecular formula is C21H29F3N2O2. The maximum absolute atomic E-state index is 10.6. The summed E-state index contributed by atoms with van der Waals surface area (Å²) in [6.45, 7) is 5.09. The molecule has 4 nitrogen and oxygen atoms in total. The van der Waals surface area contributed by atoms with Gasteiger partial charge < -0.3 is 10.4 Å². The monoisotopic (exact) mass is 398 g/mol. The lowest BCUT2D eigenvalue weighted by molar-refractivity contribution is -0.192. The normalized spacial score (nSPS) is 24.0. The number of nitrogens with zero attached hydrogens (tertiary/aromatic N) is 1. The molecule has 0 aromatic heterocycles. The molecule has 4 rings (SSSR count). The summed E-state index contributed by atoms with van der Waals surface area (Å²) in [5, 5.41) is 10.7. The average Bonchev–Trinajstić information content (AvgIpc) is 2.64. The SMILES string of the molecule is O=C(O)C(F)(F)F.c1ccc(C2(N3CCC3)CCC3(CCNCC3)CC2)cc1. The highest BCUT2D eigenvalue weighted by atomic mass is 19.4. The molecule has 2 heterocycles. The van der Waals surface area contributed by atoms with Gasteiger partial charge in [0.15, 0.2) is 0 Å². The van der Waals surface area contributed by atoms with Crippen LogP contribution >= 0.6 is 0 Å². The minimum absolute atomic E-state index is 0.357. The van der Waals surface area contributed by atoms with Crippen LogP contribution in [0.15, 0.2) is 30.3 Å². The first-order valence-corrected chi connectivity index (χ1v) is 10.1. The third kappa shape index (κ3) is 4.51. The van der Waals surface area contributed by atoms with E-state index in [9.17, 15) is 13.2 Å². The van der Waals surface area contributed by atoms with E-state index in [2.05, 4.69) is 40.5 Å². The molecule has 156 valence electrons. The van der Waals surface area contributed by atoms with Gasteiger partial charge >= 0.3 is 12.1 Å². The van der Waals surface area contributed by atoms with Gasteiger partial charge in [-0.05, 0) is 69.0 Å². The van der Waals surface area contributed by atoms with E-state index in [1.165, 1.54) is 71.1 Å². The second-order valence-electron chi connectivity index (χ2n) is 8.29. The topological polar surface area (TPSA) is 52.6 Å². The molecule has 2 aliphatic heterocycles. The molecule has 1 spiro atoms. The minimum Gasteiger partial charge on any atom is -0.475 e. The van der Waals surface area contributed by atoms with Crippen LogP contribution in [0.1, 0.15) is 50.5 Å². The van der Waals surface area contributed by atoms with E-state index < -0.39 is 12.1 Å². The Morgan fingerprint density at radius 1 is 0.964 bits per heavy atom. The van der Waals surface area contributed by atoms with E-state index in [4.69, 9.17) is 9.90 Å². The second-order valence-corrected chi connectivity index (χ2v) is 8.29. The number of rotatable bonds is 2. The number of carboxylic acids is 1. The van der Waals surface area contributed by atoms with Crippen LogP contribution in [0.4, 0.5) is 13.2 Å². The Morgan fingerprint density at radius 3 is 1.93 bits per heavy atom. The molecule has 0 amide bonds. The summed E-state index contributed by atoms with van der Waals surface area (Å²) in [5.41, 5.74) is 2.60. The summed E-state index contributed by atoms with van der Waals surface area (Å²) in [7, 11) is 0. The number of alkyl halides is 3. The highest BCUT2D eigenvalue weighted by Crippen LogP contribution is 2.53. The quantitative estimate of drug-likeness (QED) is 0.785. The van der Waals surface area contributed by atoms with Gasteiger partial charge in [0.1, 0.15) is 0 Å². The number of hydrogen-bond acceptors (Lipinski definition) is 3. The lowest BCUT2D eigenvalue weighted by atomic mass is 9.61. The van der Waals surface area contributed by atoms with Gasteiger partial charge in [0.05, 0.1) is 0 Å². The van der Waals surface area contributed by atoms with Gasteiger partial charge in [-0.1, -0.05) is 30.3 Å². The third-order valence-electron chi connectivity index (χ3n) is 6.82. The average molecular weight is 398 g/mol. The molecule has 0 radical (unpaired) electrons. The second kappa shape index (κ2) is 8.41. The highest BCUT2D eigenvalue weighted by Gasteiger charge is 2.48. The Morgan fingerprint density at radius 2 is 1.50 bits per heavy atom. The van der Waals surface area contributed by atoms with Gasteiger partial charge in [0, 0.05) is 18.6 Å². The molecule has 28 heavy (non-hydrogen) atoms. The number of likely N-dealkylation sites (tertiary alicyclic amines) is 1. The van der Waals surface area contributed by atoms with Crippen molar-refractivity contribution in [3.63, 3.8) is 0 Å². The van der Waals surface area contributed by atoms with Gasteiger partial charge in [0.25, 0.3) is 0 Å². The van der Waals surface area contributed by atoms with Crippen LogP contribution in [0.25, 0.3) is 0 Å². The minimum atomic E-state index is -5.08. The number of halogens is 3. The van der Waals surface area contributed by atoms with Crippen molar-refractivity contribution in [3.05, 3.63) is 35.9 Å². The molecular weight excluding hydrogens is 369 g/mol. The van der Waals surface area contributed by atoms with Crippen molar-refractivity contribution in [2.75, 3.05) is 26.2 Å². The first-order chi connectivity index (χ1) is 13.3. The van der Waals surface area contributed by atoms with Crippen LogP contribution in [0.5, 0.6) is 0 Å². The summed E-state index contributed by atoms with van der Waals surface area (Å²) >= 11 is 0. The van der Waals surface area contributed by atoms with E-state index in [-0.39, 0.29) is 0 Å². The molecule has 7 heteroatoms. The Labute approximate surface area is 164 Å². The predicted molar refractivity (Wildman–Crippen MR) is 101 cm³/mol. The molecule has 1 aliphatic carbocycles. The molecule has 0 bridgehead atoms. The maximum Gasteiger partial charge on any atom is 0.490 e. The van der Waals surface area contributed by atoms with Gasteiger partial charge in [-0.2, -0.15) is 13.2 Å². The van der Waals surface area contributed by atoms with Crippen molar-refractivity contribution in [2.45, 2.75) is 56.7 Å². The smallest absolute Gasteiger partial charge is 0.475 e. The molecule has 0 atom stereocenters. The van der Waals surface area contributed by atoms with Crippen LogP contribution in [-0.2, 0) is 10.3 Å². The van der Waals surface area contributed by atoms with Crippen LogP contribution in [-0.4, -0.2) is 48.3 Å². The predicted octanol–water partition coefficient (Wildman–Crippen LogP) is 4.16. The van der Waals surface area contributed by atoms with Gasteiger partial charge in [-0.15, -0.1) is 0 Å². The zero-order valence-corrected chi connectivity index (χ0v) is 16.1. The fourth-order valence-electron chi connectivity index (χ4n) is 4.93. The number of carbonyl (C=O) groups is 1. The number of benzene rings is 1. The molecule has 1 aromatic rings. The first kappa shape index (κ1) is 21.1. The van der Waals surface area contributed by atoms with E-state index in [1.807, 2.05) is 0 Å². The molecule has 1 saturated carbocycles. The maximum atomic E-state index is 10.6. The van der Waals surface area contributed by atoms with Crippen LogP contribution < -0.4 is 5.32 Å². The summed E-state index contributed by atoms with van der Waals surface area (Å²) in [4.78, 5) is 11.7. The van der Waals surface area contributed by atoms with E-state index in [1.54, 1.807) is 5.56 Å². The van der Waals surface area contributed by atoms with Crippen molar-refractivity contribution in [2.24, 2.45) is 5.41 Å². The molecule has 1 aromatic carbocycles. The summed E-state index contributed by atoms with van der Waals surface area (Å²) in [6.07, 6.45) is 4.72. The highest BCUT2D eigenvalue weighted by molar-refractivity contribution is 5.73. The van der Waals surface area contributed by atoms with Crippen molar-refractivity contribution >= 4 is 5.97 Å². The Bertz CT molecular complexity index is 643. The standard InChI is InChI=1S/C19H28N2.C2HF3O2/c1-2-5-17(6-3-1)19(21-15-4-16-21)9-7-18(8-10-19)11-13-20-14-12-18;3-2(4,5)1(6)7/h1-3,5-6,20H,4,7-16H2;(H,6,7). The molecule has 0 unspecified atom stereocenters. The van der Waals surface area contributed by atoms with Crippen molar-refractivity contribution in [1.29, 1.82) is 0 Å². The van der Waals surface area contributed by atoms with Crippen LogP contribution in [0, 0.1) is 5.41 Å². The zero-order valence-electron chi connectivity index (χ0n) is 16.1. The van der Waals surface area contributed by atoms with Crippen LogP contribution in [0.3, 0.4) is 0 Å². The van der Waals surface area contributed by atoms with Crippen molar-refractivity contribution < 1.29 is 23.1 Å². The number of carboxylic acid groups (broad SMARTS) is 1. The molecule has 2 saturated heterocycles. The Kier molecular flexibility index (Phi) is 6.34.